The van der Waals surface area contributed by atoms with Gasteiger partial charge >= 0.3 is 5.97 Å². The number of hydrogen-bond acceptors (Lipinski definition) is 5. The van der Waals surface area contributed by atoms with Crippen molar-refractivity contribution in [1.82, 2.24) is 0 Å². The van der Waals surface area contributed by atoms with E-state index in [0.29, 0.717) is 0 Å². The summed E-state index contributed by atoms with van der Waals surface area (Å²) in [7, 11) is 1.07. The van der Waals surface area contributed by atoms with Crippen LogP contribution < -0.4 is 0 Å². The number of aliphatic hydroxyl groups is 1. The van der Waals surface area contributed by atoms with Crippen LogP contribution in [0, 0.1) is 0 Å². The Hall–Kier alpha value is -2.30. The molecule has 1 aromatic carbocycles. The lowest BCUT2D eigenvalue weighted by Crippen LogP contribution is -2.13. The molecule has 2 N–H and O–H groups in total. The quantitative estimate of drug-likeness (QED) is 0.384. The molecule has 0 atom stereocenters. The summed E-state index contributed by atoms with van der Waals surface area (Å²) in [4.78, 5) is 22.4. The molecule has 0 unspecified atom stereocenters. The van der Waals surface area contributed by atoms with Crippen LogP contribution in [-0.4, -0.2) is 29.1 Å². The highest BCUT2D eigenvalue weighted by Gasteiger charge is 2.18. The molecule has 0 spiro atoms. The molecule has 1 aromatic rings. The van der Waals surface area contributed by atoms with Gasteiger partial charge in [-0.3, -0.25) is 4.79 Å². The summed E-state index contributed by atoms with van der Waals surface area (Å²) in [5.41, 5.74) is 0.778. The molecule has 0 saturated heterocycles. The van der Waals surface area contributed by atoms with Gasteiger partial charge in [-0.05, 0) is 23.1 Å². The molecular formula is C15H18O5. The van der Waals surface area contributed by atoms with Gasteiger partial charge in [-0.25, -0.2) is 4.79 Å². The van der Waals surface area contributed by atoms with E-state index in [4.69, 9.17) is 0 Å². The van der Waals surface area contributed by atoms with Crippen molar-refractivity contribution in [3.63, 3.8) is 0 Å². The molecule has 0 amide bonds. The number of carbonyl (C=O) groups excluding carboxylic acids is 2. The van der Waals surface area contributed by atoms with Crippen molar-refractivity contribution in [2.45, 2.75) is 26.2 Å². The molecule has 0 saturated carbocycles. The van der Waals surface area contributed by atoms with Crippen molar-refractivity contribution in [2.24, 2.45) is 0 Å². The highest BCUT2D eigenvalue weighted by molar-refractivity contribution is 6.39. The van der Waals surface area contributed by atoms with Crippen molar-refractivity contribution in [3.8, 4) is 5.75 Å². The normalized spacial score (nSPS) is 12.1. The number of methoxy groups -OCH3 is 1. The van der Waals surface area contributed by atoms with E-state index in [9.17, 15) is 19.8 Å². The lowest BCUT2D eigenvalue weighted by Gasteiger charge is -2.20. The molecule has 0 aliphatic heterocycles. The lowest BCUT2D eigenvalue weighted by atomic mass is 9.86. The summed E-state index contributed by atoms with van der Waals surface area (Å²) < 4.78 is 4.25. The SMILES string of the molecule is COC(=O)C(=O)/C=C(\O)c1cc(C(C)(C)C)ccc1O. The Bertz CT molecular complexity index is 564. The molecule has 1 rings (SSSR count). The molecule has 0 fully saturated rings. The van der Waals surface area contributed by atoms with E-state index in [1.54, 1.807) is 12.1 Å². The first-order valence-corrected chi connectivity index (χ1v) is 6.03. The second-order valence-electron chi connectivity index (χ2n) is 5.37. The summed E-state index contributed by atoms with van der Waals surface area (Å²) in [5, 5.41) is 19.6. The first-order valence-electron chi connectivity index (χ1n) is 6.03. The number of rotatable bonds is 3. The molecule has 0 aliphatic carbocycles. The van der Waals surface area contributed by atoms with Crippen LogP contribution in [0.15, 0.2) is 24.3 Å². The largest absolute Gasteiger partial charge is 0.507 e. The van der Waals surface area contributed by atoms with Crippen LogP contribution in [0.3, 0.4) is 0 Å². The maximum Gasteiger partial charge on any atom is 0.378 e. The third-order valence-corrected chi connectivity index (χ3v) is 2.79. The topological polar surface area (TPSA) is 83.8 Å². The average molecular weight is 278 g/mol. The minimum atomic E-state index is -1.08. The molecule has 0 bridgehead atoms. The summed E-state index contributed by atoms with van der Waals surface area (Å²) in [5.74, 6) is -2.73. The Labute approximate surface area is 117 Å². The third kappa shape index (κ3) is 3.60. The maximum atomic E-state index is 11.4. The van der Waals surface area contributed by atoms with Crippen molar-refractivity contribution < 1.29 is 24.5 Å². The number of aromatic hydroxyl groups is 1. The molecule has 108 valence electrons. The van der Waals surface area contributed by atoms with Gasteiger partial charge in [0.05, 0.1) is 12.7 Å². The van der Waals surface area contributed by atoms with Gasteiger partial charge in [-0.1, -0.05) is 26.8 Å². The van der Waals surface area contributed by atoms with E-state index >= 15 is 0 Å². The number of phenolic OH excluding ortho intramolecular Hbond substituents is 1. The van der Waals surface area contributed by atoms with Gasteiger partial charge in [0.15, 0.2) is 0 Å². The zero-order chi connectivity index (χ0) is 15.5. The predicted molar refractivity (Wildman–Crippen MR) is 74.4 cm³/mol. The Balaban J connectivity index is 3.22. The second kappa shape index (κ2) is 5.77. The summed E-state index contributed by atoms with van der Waals surface area (Å²) >= 11 is 0. The van der Waals surface area contributed by atoms with Crippen LogP contribution >= 0.6 is 0 Å². The minimum absolute atomic E-state index is 0.0923. The molecular weight excluding hydrogens is 260 g/mol. The van der Waals surface area contributed by atoms with Gasteiger partial charge in [-0.15, -0.1) is 0 Å². The fourth-order valence-corrected chi connectivity index (χ4v) is 1.57. The molecule has 0 radical (unpaired) electrons. The van der Waals surface area contributed by atoms with Gasteiger partial charge in [0.25, 0.3) is 5.78 Å². The molecule has 0 aromatic heterocycles. The van der Waals surface area contributed by atoms with Crippen LogP contribution in [0.4, 0.5) is 0 Å². The lowest BCUT2D eigenvalue weighted by molar-refractivity contribution is -0.149. The smallest absolute Gasteiger partial charge is 0.378 e. The Morgan fingerprint density at radius 2 is 1.85 bits per heavy atom. The fourth-order valence-electron chi connectivity index (χ4n) is 1.57. The van der Waals surface area contributed by atoms with Crippen molar-refractivity contribution in [3.05, 3.63) is 35.4 Å². The first-order chi connectivity index (χ1) is 9.16. The highest BCUT2D eigenvalue weighted by atomic mass is 16.5. The molecule has 0 heterocycles. The van der Waals surface area contributed by atoms with Gasteiger partial charge in [0.2, 0.25) is 0 Å². The number of phenols is 1. The van der Waals surface area contributed by atoms with Gasteiger partial charge in [0.1, 0.15) is 11.5 Å². The second-order valence-corrected chi connectivity index (χ2v) is 5.37. The predicted octanol–water partition coefficient (Wildman–Crippen LogP) is 2.33. The van der Waals surface area contributed by atoms with E-state index in [2.05, 4.69) is 4.74 Å². The maximum absolute atomic E-state index is 11.4. The van der Waals surface area contributed by atoms with Crippen LogP contribution in [-0.2, 0) is 19.7 Å². The fraction of sp³-hybridized carbons (Fsp3) is 0.333. The van der Waals surface area contributed by atoms with Crippen molar-refractivity contribution >= 4 is 17.5 Å². The van der Waals surface area contributed by atoms with E-state index < -0.39 is 17.5 Å². The highest BCUT2D eigenvalue weighted by Crippen LogP contribution is 2.30. The minimum Gasteiger partial charge on any atom is -0.507 e. The van der Waals surface area contributed by atoms with E-state index in [-0.39, 0.29) is 16.7 Å². The summed E-state index contributed by atoms with van der Waals surface area (Å²) in [6.07, 6.45) is 0.729. The van der Waals surface area contributed by atoms with E-state index in [1.165, 1.54) is 6.07 Å². The summed E-state index contributed by atoms with van der Waals surface area (Å²) in [6, 6.07) is 4.74. The number of hydrogen-bond donors (Lipinski definition) is 2. The van der Waals surface area contributed by atoms with E-state index in [0.717, 1.165) is 18.7 Å². The summed E-state index contributed by atoms with van der Waals surface area (Å²) in [6.45, 7) is 5.93. The van der Waals surface area contributed by atoms with Crippen LogP contribution in [0.5, 0.6) is 5.75 Å². The number of esters is 1. The molecule has 5 heteroatoms. The molecule has 5 nitrogen and oxygen atoms in total. The van der Waals surface area contributed by atoms with E-state index in [1.807, 2.05) is 20.8 Å². The number of ether oxygens (including phenoxy) is 1. The van der Waals surface area contributed by atoms with Gasteiger partial charge < -0.3 is 14.9 Å². The Morgan fingerprint density at radius 3 is 2.35 bits per heavy atom. The monoisotopic (exact) mass is 278 g/mol. The van der Waals surface area contributed by atoms with Crippen LogP contribution in [0.25, 0.3) is 5.76 Å². The van der Waals surface area contributed by atoms with Crippen LogP contribution in [0.2, 0.25) is 0 Å². The molecule has 20 heavy (non-hydrogen) atoms. The zero-order valence-corrected chi connectivity index (χ0v) is 11.9. The Morgan fingerprint density at radius 1 is 1.25 bits per heavy atom. The zero-order valence-electron chi connectivity index (χ0n) is 11.9. The van der Waals surface area contributed by atoms with Gasteiger partial charge in [-0.2, -0.15) is 0 Å². The first kappa shape index (κ1) is 15.8. The number of carbonyl (C=O) groups is 2. The standard InChI is InChI=1S/C15H18O5/c1-15(2,3)9-5-6-11(16)10(7-9)12(17)8-13(18)14(19)20-4/h5-8,16-17H,1-4H3/b12-8-. The average Bonchev–Trinajstić information content (AvgIpc) is 2.36. The number of ketones is 1. The Kier molecular flexibility index (Phi) is 4.55. The van der Waals surface area contributed by atoms with Crippen LogP contribution in [0.1, 0.15) is 31.9 Å². The van der Waals surface area contributed by atoms with Gasteiger partial charge in [0, 0.05) is 6.08 Å². The molecule has 0 aliphatic rings. The number of benzene rings is 1. The third-order valence-electron chi connectivity index (χ3n) is 2.79. The number of aliphatic hydroxyl groups excluding tert-OH is 1. The van der Waals surface area contributed by atoms with Crippen molar-refractivity contribution in [2.75, 3.05) is 7.11 Å². The van der Waals surface area contributed by atoms with Crippen molar-refractivity contribution in [1.29, 1.82) is 0 Å².